The third-order valence-electron chi connectivity index (χ3n) is 5.55. The Bertz CT molecular complexity index is 926. The van der Waals surface area contributed by atoms with Gasteiger partial charge in [0.05, 0.1) is 0 Å². The van der Waals surface area contributed by atoms with Gasteiger partial charge in [0.1, 0.15) is 11.6 Å². The molecule has 3 aromatic rings. The van der Waals surface area contributed by atoms with E-state index in [9.17, 15) is 4.79 Å². The number of nitrogens with zero attached hydrogens (tertiary/aromatic N) is 3. The van der Waals surface area contributed by atoms with Crippen molar-refractivity contribution in [1.29, 1.82) is 0 Å². The van der Waals surface area contributed by atoms with Crippen molar-refractivity contribution in [2.24, 2.45) is 5.92 Å². The van der Waals surface area contributed by atoms with E-state index in [0.717, 1.165) is 49.6 Å². The lowest BCUT2D eigenvalue weighted by Gasteiger charge is -2.32. The van der Waals surface area contributed by atoms with Crippen molar-refractivity contribution in [2.45, 2.75) is 26.3 Å². The van der Waals surface area contributed by atoms with Crippen LogP contribution in [0.4, 0.5) is 0 Å². The highest BCUT2D eigenvalue weighted by atomic mass is 16.5. The molecular weight excluding hydrogens is 362 g/mol. The number of piperidine rings is 1. The Kier molecular flexibility index (Phi) is 5.94. The summed E-state index contributed by atoms with van der Waals surface area (Å²) in [6, 6.07) is 18.1. The van der Waals surface area contributed by atoms with Gasteiger partial charge in [-0.1, -0.05) is 48.0 Å². The van der Waals surface area contributed by atoms with E-state index in [-0.39, 0.29) is 12.5 Å². The first kappa shape index (κ1) is 19.2. The van der Waals surface area contributed by atoms with E-state index in [1.54, 1.807) is 0 Å². The van der Waals surface area contributed by atoms with E-state index in [4.69, 9.17) is 4.74 Å². The Morgan fingerprint density at radius 2 is 1.79 bits per heavy atom. The molecule has 0 spiro atoms. The van der Waals surface area contributed by atoms with Crippen LogP contribution in [-0.2, 0) is 11.3 Å². The molecule has 0 N–H and O–H groups in total. The van der Waals surface area contributed by atoms with Gasteiger partial charge in [-0.05, 0) is 37.8 Å². The zero-order valence-corrected chi connectivity index (χ0v) is 16.8. The van der Waals surface area contributed by atoms with Gasteiger partial charge >= 0.3 is 0 Å². The number of carbonyl (C=O) groups excluding carboxylic acids is 1. The molecule has 0 unspecified atom stereocenters. The van der Waals surface area contributed by atoms with E-state index < -0.39 is 0 Å². The highest BCUT2D eigenvalue weighted by Crippen LogP contribution is 2.23. The summed E-state index contributed by atoms with van der Waals surface area (Å²) < 4.78 is 7.88. The molecule has 1 aliphatic heterocycles. The zero-order chi connectivity index (χ0) is 20.1. The third-order valence-corrected chi connectivity index (χ3v) is 5.55. The number of aromatic nitrogens is 2. The zero-order valence-electron chi connectivity index (χ0n) is 16.8. The van der Waals surface area contributed by atoms with Crippen LogP contribution in [0.5, 0.6) is 5.75 Å². The molecule has 5 heteroatoms. The second-order valence-electron chi connectivity index (χ2n) is 7.70. The van der Waals surface area contributed by atoms with Gasteiger partial charge < -0.3 is 14.2 Å². The van der Waals surface area contributed by atoms with Crippen LogP contribution in [0.25, 0.3) is 11.4 Å². The van der Waals surface area contributed by atoms with Crippen molar-refractivity contribution in [3.8, 4) is 17.1 Å². The molecule has 150 valence electrons. The van der Waals surface area contributed by atoms with Crippen LogP contribution in [0.15, 0.2) is 67.0 Å². The van der Waals surface area contributed by atoms with Crippen LogP contribution in [-0.4, -0.2) is 40.1 Å². The van der Waals surface area contributed by atoms with Crippen LogP contribution in [0.3, 0.4) is 0 Å². The number of carbonyl (C=O) groups is 1. The second-order valence-corrected chi connectivity index (χ2v) is 7.70. The molecule has 0 radical (unpaired) electrons. The lowest BCUT2D eigenvalue weighted by atomic mass is 9.96. The molecule has 2 aromatic carbocycles. The molecule has 0 aliphatic carbocycles. The maximum absolute atomic E-state index is 12.5. The molecule has 0 saturated carbocycles. The van der Waals surface area contributed by atoms with E-state index in [1.807, 2.05) is 60.5 Å². The van der Waals surface area contributed by atoms with Gasteiger partial charge in [0.2, 0.25) is 0 Å². The predicted octanol–water partition coefficient (Wildman–Crippen LogP) is 4.18. The fraction of sp³-hybridized carbons (Fsp3) is 0.333. The lowest BCUT2D eigenvalue weighted by molar-refractivity contribution is -0.134. The minimum absolute atomic E-state index is 0.0663. The first-order valence-corrected chi connectivity index (χ1v) is 10.2. The summed E-state index contributed by atoms with van der Waals surface area (Å²) in [4.78, 5) is 18.9. The number of likely N-dealkylation sites (tertiary alicyclic amines) is 1. The first-order chi connectivity index (χ1) is 14.2. The molecule has 1 amide bonds. The van der Waals surface area contributed by atoms with E-state index >= 15 is 0 Å². The van der Waals surface area contributed by atoms with Crippen LogP contribution in [0.1, 0.15) is 18.4 Å². The van der Waals surface area contributed by atoms with Crippen LogP contribution in [0.2, 0.25) is 0 Å². The quantitative estimate of drug-likeness (QED) is 0.636. The summed E-state index contributed by atoms with van der Waals surface area (Å²) in [5.74, 6) is 2.37. The fourth-order valence-corrected chi connectivity index (χ4v) is 3.82. The number of benzene rings is 2. The van der Waals surface area contributed by atoms with E-state index in [1.165, 1.54) is 5.56 Å². The van der Waals surface area contributed by atoms with Gasteiger partial charge in [-0.2, -0.15) is 0 Å². The molecule has 1 saturated heterocycles. The number of amides is 1. The highest BCUT2D eigenvalue weighted by Gasteiger charge is 2.24. The van der Waals surface area contributed by atoms with Crippen molar-refractivity contribution >= 4 is 5.91 Å². The number of ether oxygens (including phenoxy) is 1. The van der Waals surface area contributed by atoms with Crippen molar-refractivity contribution < 1.29 is 9.53 Å². The topological polar surface area (TPSA) is 47.4 Å². The highest BCUT2D eigenvalue weighted by molar-refractivity contribution is 5.77. The Balaban J connectivity index is 1.27. The molecule has 0 atom stereocenters. The molecule has 29 heavy (non-hydrogen) atoms. The summed E-state index contributed by atoms with van der Waals surface area (Å²) in [6.45, 7) is 4.65. The summed E-state index contributed by atoms with van der Waals surface area (Å²) in [5, 5.41) is 0. The fourth-order valence-electron chi connectivity index (χ4n) is 3.82. The number of imidazole rings is 1. The maximum Gasteiger partial charge on any atom is 0.260 e. The third kappa shape index (κ3) is 4.86. The summed E-state index contributed by atoms with van der Waals surface area (Å²) in [5.41, 5.74) is 2.32. The summed E-state index contributed by atoms with van der Waals surface area (Å²) >= 11 is 0. The Morgan fingerprint density at radius 1 is 1.07 bits per heavy atom. The molecule has 4 rings (SSSR count). The second kappa shape index (κ2) is 8.95. The number of hydrogen-bond donors (Lipinski definition) is 0. The van der Waals surface area contributed by atoms with Crippen molar-refractivity contribution in [3.05, 3.63) is 72.6 Å². The van der Waals surface area contributed by atoms with Crippen molar-refractivity contribution in [1.82, 2.24) is 14.5 Å². The molecule has 1 fully saturated rings. The smallest absolute Gasteiger partial charge is 0.260 e. The molecular formula is C24H27N3O2. The van der Waals surface area contributed by atoms with E-state index in [0.29, 0.717) is 5.92 Å². The number of hydrogen-bond acceptors (Lipinski definition) is 3. The average molecular weight is 389 g/mol. The maximum atomic E-state index is 12.5. The number of aryl methyl sites for hydroxylation is 1. The van der Waals surface area contributed by atoms with Gasteiger partial charge in [-0.25, -0.2) is 4.98 Å². The predicted molar refractivity (Wildman–Crippen MR) is 114 cm³/mol. The molecule has 5 nitrogen and oxygen atoms in total. The normalized spacial score (nSPS) is 14.7. The van der Waals surface area contributed by atoms with Crippen LogP contribution >= 0.6 is 0 Å². The van der Waals surface area contributed by atoms with Gasteiger partial charge in [0.15, 0.2) is 6.61 Å². The minimum Gasteiger partial charge on any atom is -0.484 e. The van der Waals surface area contributed by atoms with Gasteiger partial charge in [0.25, 0.3) is 5.91 Å². The van der Waals surface area contributed by atoms with Crippen LogP contribution in [0, 0.1) is 12.8 Å². The molecule has 1 aliphatic rings. The van der Waals surface area contributed by atoms with Crippen molar-refractivity contribution in [3.63, 3.8) is 0 Å². The van der Waals surface area contributed by atoms with Crippen molar-refractivity contribution in [2.75, 3.05) is 19.7 Å². The largest absolute Gasteiger partial charge is 0.484 e. The van der Waals surface area contributed by atoms with Gasteiger partial charge in [-0.3, -0.25) is 4.79 Å². The Labute approximate surface area is 171 Å². The first-order valence-electron chi connectivity index (χ1n) is 10.2. The summed E-state index contributed by atoms with van der Waals surface area (Å²) in [6.07, 6.45) is 5.92. The minimum atomic E-state index is 0.0663. The average Bonchev–Trinajstić information content (AvgIpc) is 3.22. The van der Waals surface area contributed by atoms with Crippen LogP contribution < -0.4 is 4.74 Å². The molecule has 2 heterocycles. The lowest BCUT2D eigenvalue weighted by Crippen LogP contribution is -2.41. The Morgan fingerprint density at radius 3 is 2.52 bits per heavy atom. The SMILES string of the molecule is Cc1ccc(OCC(=O)N2CCC(Cn3ccnc3-c3ccccc3)CC2)cc1. The molecule has 1 aromatic heterocycles. The van der Waals surface area contributed by atoms with E-state index in [2.05, 4.69) is 27.9 Å². The standard InChI is InChI=1S/C24H27N3O2/c1-19-7-9-22(10-8-19)29-18-23(28)26-14-11-20(12-15-26)17-27-16-13-25-24(27)21-5-3-2-4-6-21/h2-10,13,16,20H,11-12,14-15,17-18H2,1H3. The Hall–Kier alpha value is -3.08. The van der Waals surface area contributed by atoms with Gasteiger partial charge in [0, 0.05) is 37.6 Å². The number of rotatable bonds is 6. The monoisotopic (exact) mass is 389 g/mol. The molecule has 0 bridgehead atoms. The van der Waals surface area contributed by atoms with Gasteiger partial charge in [-0.15, -0.1) is 0 Å². The summed E-state index contributed by atoms with van der Waals surface area (Å²) in [7, 11) is 0.